The Balaban J connectivity index is 2.08. The maximum atomic E-state index is 14.1. The van der Waals surface area contributed by atoms with Crippen LogP contribution in [-0.4, -0.2) is 43.8 Å². The van der Waals surface area contributed by atoms with Crippen LogP contribution < -0.4 is 9.62 Å². The highest BCUT2D eigenvalue weighted by Crippen LogP contribution is 2.30. The lowest BCUT2D eigenvalue weighted by Crippen LogP contribution is -2.53. The number of nitrogens with zero attached hydrogens (tertiary/aromatic N) is 2. The first kappa shape index (κ1) is 31.5. The van der Waals surface area contributed by atoms with Gasteiger partial charge in [-0.05, 0) is 62.6 Å². The van der Waals surface area contributed by atoms with E-state index in [0.717, 1.165) is 21.9 Å². The number of halogens is 2. The smallest absolute Gasteiger partial charge is 0.264 e. The highest BCUT2D eigenvalue weighted by atomic mass is 35.5. The van der Waals surface area contributed by atoms with E-state index in [9.17, 15) is 18.0 Å². The van der Waals surface area contributed by atoms with Crippen LogP contribution in [-0.2, 0) is 26.2 Å². The summed E-state index contributed by atoms with van der Waals surface area (Å²) in [5, 5.41) is 3.41. The Kier molecular flexibility index (Phi) is 11.0. The van der Waals surface area contributed by atoms with Crippen molar-refractivity contribution in [3.63, 3.8) is 0 Å². The molecule has 0 aromatic heterocycles. The SMILES string of the molecule is CC[C@H](C)NC(=O)[C@H](CC)N(Cc1cccc(C)c1)C(=O)CN(c1cc(Cl)cc(Cl)c1)S(=O)(=O)c1ccccc1. The first-order valence-electron chi connectivity index (χ1n) is 13.2. The second-order valence-electron chi connectivity index (χ2n) is 9.71. The van der Waals surface area contributed by atoms with E-state index in [0.29, 0.717) is 6.42 Å². The van der Waals surface area contributed by atoms with Crippen LogP contribution in [0.5, 0.6) is 0 Å². The predicted octanol–water partition coefficient (Wildman–Crippen LogP) is 6.22. The van der Waals surface area contributed by atoms with Gasteiger partial charge in [0.25, 0.3) is 10.0 Å². The molecule has 0 fully saturated rings. The summed E-state index contributed by atoms with van der Waals surface area (Å²) in [6.07, 6.45) is 1.07. The molecule has 10 heteroatoms. The Morgan fingerprint density at radius 1 is 0.900 bits per heavy atom. The molecule has 0 spiro atoms. The van der Waals surface area contributed by atoms with Crippen LogP contribution in [0.2, 0.25) is 10.0 Å². The monoisotopic (exact) mass is 603 g/mol. The molecule has 0 aliphatic rings. The van der Waals surface area contributed by atoms with Crippen LogP contribution >= 0.6 is 23.2 Å². The van der Waals surface area contributed by atoms with E-state index in [1.807, 2.05) is 52.0 Å². The maximum absolute atomic E-state index is 14.1. The van der Waals surface area contributed by atoms with Gasteiger partial charge in [0, 0.05) is 22.6 Å². The molecular formula is C30H35Cl2N3O4S. The van der Waals surface area contributed by atoms with Crippen LogP contribution in [0.3, 0.4) is 0 Å². The largest absolute Gasteiger partial charge is 0.352 e. The Hall–Kier alpha value is -3.07. The number of hydrogen-bond donors (Lipinski definition) is 1. The molecule has 0 unspecified atom stereocenters. The molecule has 3 aromatic carbocycles. The van der Waals surface area contributed by atoms with Crippen molar-refractivity contribution < 1.29 is 18.0 Å². The fraction of sp³-hybridized carbons (Fsp3) is 0.333. The maximum Gasteiger partial charge on any atom is 0.264 e. The number of nitrogens with one attached hydrogen (secondary N) is 1. The topological polar surface area (TPSA) is 86.8 Å². The molecule has 0 bridgehead atoms. The summed E-state index contributed by atoms with van der Waals surface area (Å²) in [7, 11) is -4.20. The molecule has 0 aliphatic heterocycles. The minimum atomic E-state index is -4.20. The number of sulfonamides is 1. The van der Waals surface area contributed by atoms with Crippen molar-refractivity contribution in [1.82, 2.24) is 10.2 Å². The molecular weight excluding hydrogens is 569 g/mol. The van der Waals surface area contributed by atoms with Crippen molar-refractivity contribution in [2.24, 2.45) is 0 Å². The summed E-state index contributed by atoms with van der Waals surface area (Å²) < 4.78 is 28.7. The standard InChI is InChI=1S/C30H35Cl2N3O4S/c1-5-22(4)33-30(37)28(6-2)34(19-23-12-10-11-21(3)15-23)29(36)20-35(26-17-24(31)16-25(32)18-26)40(38,39)27-13-8-7-9-14-27/h7-18,22,28H,5-6,19-20H2,1-4H3,(H,33,37)/t22-,28-/m0/s1. The lowest BCUT2D eigenvalue weighted by atomic mass is 10.1. The summed E-state index contributed by atoms with van der Waals surface area (Å²) in [6.45, 7) is 7.19. The molecule has 0 radical (unpaired) electrons. The van der Waals surface area contributed by atoms with Gasteiger partial charge in [-0.3, -0.25) is 13.9 Å². The fourth-order valence-corrected chi connectivity index (χ4v) is 6.23. The first-order valence-corrected chi connectivity index (χ1v) is 15.3. The summed E-state index contributed by atoms with van der Waals surface area (Å²) in [4.78, 5) is 28.9. The van der Waals surface area contributed by atoms with Gasteiger partial charge in [-0.15, -0.1) is 0 Å². The number of hydrogen-bond acceptors (Lipinski definition) is 4. The number of aryl methyl sites for hydroxylation is 1. The Morgan fingerprint density at radius 3 is 2.12 bits per heavy atom. The molecule has 214 valence electrons. The highest BCUT2D eigenvalue weighted by molar-refractivity contribution is 7.92. The third kappa shape index (κ3) is 7.99. The van der Waals surface area contributed by atoms with E-state index in [1.54, 1.807) is 18.2 Å². The van der Waals surface area contributed by atoms with Gasteiger partial charge in [-0.1, -0.05) is 85.1 Å². The van der Waals surface area contributed by atoms with Crippen LogP contribution in [0.1, 0.15) is 44.7 Å². The molecule has 0 saturated heterocycles. The van der Waals surface area contributed by atoms with Gasteiger partial charge in [-0.2, -0.15) is 0 Å². The lowest BCUT2D eigenvalue weighted by molar-refractivity contribution is -0.140. The molecule has 3 aromatic rings. The highest BCUT2D eigenvalue weighted by Gasteiger charge is 2.34. The van der Waals surface area contributed by atoms with Gasteiger partial charge in [-0.25, -0.2) is 8.42 Å². The van der Waals surface area contributed by atoms with Gasteiger partial charge in [0.1, 0.15) is 12.6 Å². The quantitative estimate of drug-likeness (QED) is 0.266. The van der Waals surface area contributed by atoms with E-state index in [-0.39, 0.29) is 39.1 Å². The fourth-order valence-electron chi connectivity index (χ4n) is 4.30. The summed E-state index contributed by atoms with van der Waals surface area (Å²) in [6, 6.07) is 18.9. The van der Waals surface area contributed by atoms with Gasteiger partial charge in [0.15, 0.2) is 0 Å². The van der Waals surface area contributed by atoms with Crippen LogP contribution in [0.25, 0.3) is 0 Å². The Morgan fingerprint density at radius 2 is 1.55 bits per heavy atom. The molecule has 7 nitrogen and oxygen atoms in total. The minimum Gasteiger partial charge on any atom is -0.352 e. The van der Waals surface area contributed by atoms with Crippen molar-refractivity contribution in [2.75, 3.05) is 10.8 Å². The molecule has 0 aliphatic carbocycles. The average molecular weight is 605 g/mol. The van der Waals surface area contributed by atoms with Crippen LogP contribution in [0.15, 0.2) is 77.7 Å². The summed E-state index contributed by atoms with van der Waals surface area (Å²) in [5.74, 6) is -0.829. The number of rotatable bonds is 12. The van der Waals surface area contributed by atoms with Crippen LogP contribution in [0, 0.1) is 6.92 Å². The van der Waals surface area contributed by atoms with Gasteiger partial charge >= 0.3 is 0 Å². The molecule has 40 heavy (non-hydrogen) atoms. The van der Waals surface area contributed by atoms with E-state index >= 15 is 0 Å². The molecule has 1 N–H and O–H groups in total. The van der Waals surface area contributed by atoms with Crippen molar-refractivity contribution in [1.29, 1.82) is 0 Å². The van der Waals surface area contributed by atoms with Crippen molar-refractivity contribution in [3.05, 3.63) is 94.0 Å². The summed E-state index contributed by atoms with van der Waals surface area (Å²) >= 11 is 12.5. The van der Waals surface area contributed by atoms with Gasteiger partial charge in [0.2, 0.25) is 11.8 Å². The van der Waals surface area contributed by atoms with E-state index < -0.39 is 28.5 Å². The molecule has 2 atom stereocenters. The zero-order valence-corrected chi connectivity index (χ0v) is 25.4. The second-order valence-corrected chi connectivity index (χ2v) is 12.4. The predicted molar refractivity (Wildman–Crippen MR) is 161 cm³/mol. The molecule has 0 saturated carbocycles. The zero-order chi connectivity index (χ0) is 29.4. The summed E-state index contributed by atoms with van der Waals surface area (Å²) in [5.41, 5.74) is 1.97. The van der Waals surface area contributed by atoms with Crippen molar-refractivity contribution >= 4 is 50.7 Å². The number of benzene rings is 3. The third-order valence-electron chi connectivity index (χ3n) is 6.57. The number of carbonyl (C=O) groups is 2. The van der Waals surface area contributed by atoms with Crippen molar-refractivity contribution in [3.8, 4) is 0 Å². The first-order chi connectivity index (χ1) is 19.0. The third-order valence-corrected chi connectivity index (χ3v) is 8.79. The van der Waals surface area contributed by atoms with Crippen molar-refractivity contribution in [2.45, 2.75) is 64.1 Å². The molecule has 2 amide bonds. The van der Waals surface area contributed by atoms with E-state index in [2.05, 4.69) is 5.32 Å². The molecule has 0 heterocycles. The number of anilines is 1. The second kappa shape index (κ2) is 14.0. The number of carbonyl (C=O) groups excluding carboxylic acids is 2. The minimum absolute atomic E-state index is 0.00527. The van der Waals surface area contributed by atoms with E-state index in [4.69, 9.17) is 23.2 Å². The molecule has 3 rings (SSSR count). The lowest BCUT2D eigenvalue weighted by Gasteiger charge is -2.34. The zero-order valence-electron chi connectivity index (χ0n) is 23.1. The number of amides is 2. The van der Waals surface area contributed by atoms with Crippen LogP contribution in [0.4, 0.5) is 5.69 Å². The Labute approximate surface area is 247 Å². The van der Waals surface area contributed by atoms with Gasteiger partial charge < -0.3 is 10.2 Å². The Bertz CT molecular complexity index is 1410. The normalized spacial score (nSPS) is 12.8. The van der Waals surface area contributed by atoms with Gasteiger partial charge in [0.05, 0.1) is 10.6 Å². The average Bonchev–Trinajstić information content (AvgIpc) is 2.91. The van der Waals surface area contributed by atoms with E-state index in [1.165, 1.54) is 35.2 Å².